The highest BCUT2D eigenvalue weighted by Crippen LogP contribution is 2.23. The number of nitrogens with zero attached hydrogens (tertiary/aromatic N) is 2. The predicted octanol–water partition coefficient (Wildman–Crippen LogP) is 3.25. The smallest absolute Gasteiger partial charge is 0.175 e. The van der Waals surface area contributed by atoms with Gasteiger partial charge in [0, 0.05) is 11.8 Å². The van der Waals surface area contributed by atoms with E-state index in [-0.39, 0.29) is 0 Å². The first-order valence-electron chi connectivity index (χ1n) is 6.87. The summed E-state index contributed by atoms with van der Waals surface area (Å²) in [4.78, 5) is 0.306. The van der Waals surface area contributed by atoms with Gasteiger partial charge in [0.25, 0.3) is 0 Å². The molecule has 0 bridgehead atoms. The van der Waals surface area contributed by atoms with Gasteiger partial charge >= 0.3 is 0 Å². The zero-order valence-corrected chi connectivity index (χ0v) is 13.2. The number of aromatic nitrogens is 2. The van der Waals surface area contributed by atoms with Gasteiger partial charge in [-0.2, -0.15) is 5.10 Å². The molecular formula is C17H16N2O2S. The summed E-state index contributed by atoms with van der Waals surface area (Å²) in [6.45, 7) is 2.05. The van der Waals surface area contributed by atoms with E-state index in [0.717, 1.165) is 16.9 Å². The molecule has 0 spiro atoms. The van der Waals surface area contributed by atoms with E-state index in [4.69, 9.17) is 0 Å². The molecule has 0 saturated heterocycles. The molecule has 112 valence electrons. The Labute approximate surface area is 130 Å². The van der Waals surface area contributed by atoms with Gasteiger partial charge in [-0.1, -0.05) is 29.8 Å². The van der Waals surface area contributed by atoms with Gasteiger partial charge in [-0.25, -0.2) is 13.1 Å². The highest BCUT2D eigenvalue weighted by atomic mass is 32.2. The molecular weight excluding hydrogens is 296 g/mol. The monoisotopic (exact) mass is 312 g/mol. The second kappa shape index (κ2) is 5.42. The summed E-state index contributed by atoms with van der Waals surface area (Å²) in [6.07, 6.45) is 2.94. The lowest BCUT2D eigenvalue weighted by atomic mass is 10.1. The maximum atomic E-state index is 11.5. The first kappa shape index (κ1) is 14.5. The Morgan fingerprint density at radius 3 is 2.14 bits per heavy atom. The molecule has 0 unspecified atom stereocenters. The van der Waals surface area contributed by atoms with Crippen LogP contribution in [-0.2, 0) is 9.84 Å². The summed E-state index contributed by atoms with van der Waals surface area (Å²) >= 11 is 0. The quantitative estimate of drug-likeness (QED) is 0.746. The van der Waals surface area contributed by atoms with Crippen LogP contribution in [0.15, 0.2) is 65.7 Å². The molecule has 0 radical (unpaired) electrons. The van der Waals surface area contributed by atoms with E-state index < -0.39 is 9.84 Å². The van der Waals surface area contributed by atoms with E-state index in [9.17, 15) is 8.42 Å². The fourth-order valence-electron chi connectivity index (χ4n) is 2.29. The van der Waals surface area contributed by atoms with Crippen LogP contribution in [0.25, 0.3) is 16.9 Å². The van der Waals surface area contributed by atoms with Gasteiger partial charge in [-0.3, -0.25) is 0 Å². The molecule has 0 saturated carbocycles. The molecule has 22 heavy (non-hydrogen) atoms. The SMILES string of the molecule is Cc1ccc(-c2ccnn2-c2ccc(S(C)(=O)=O)cc2)cc1. The number of hydrogen-bond donors (Lipinski definition) is 0. The molecule has 3 aromatic rings. The molecule has 0 aliphatic heterocycles. The minimum absolute atomic E-state index is 0.306. The minimum Gasteiger partial charge on any atom is -0.233 e. The van der Waals surface area contributed by atoms with Gasteiger partial charge in [0.1, 0.15) is 0 Å². The molecule has 4 nitrogen and oxygen atoms in total. The number of hydrogen-bond acceptors (Lipinski definition) is 3. The van der Waals surface area contributed by atoms with Gasteiger partial charge < -0.3 is 0 Å². The second-order valence-electron chi connectivity index (χ2n) is 5.26. The van der Waals surface area contributed by atoms with Crippen molar-refractivity contribution >= 4 is 9.84 Å². The lowest BCUT2D eigenvalue weighted by Gasteiger charge is -2.08. The zero-order chi connectivity index (χ0) is 15.7. The van der Waals surface area contributed by atoms with Crippen molar-refractivity contribution in [3.8, 4) is 16.9 Å². The van der Waals surface area contributed by atoms with Crippen LogP contribution >= 0.6 is 0 Å². The van der Waals surface area contributed by atoms with Crippen LogP contribution in [-0.4, -0.2) is 24.5 Å². The highest BCUT2D eigenvalue weighted by Gasteiger charge is 2.10. The van der Waals surface area contributed by atoms with E-state index >= 15 is 0 Å². The lowest BCUT2D eigenvalue weighted by Crippen LogP contribution is -2.01. The molecule has 0 atom stereocenters. The van der Waals surface area contributed by atoms with Crippen LogP contribution < -0.4 is 0 Å². The van der Waals surface area contributed by atoms with E-state index in [1.807, 2.05) is 25.1 Å². The Hall–Kier alpha value is -2.40. The van der Waals surface area contributed by atoms with Crippen LogP contribution in [0.2, 0.25) is 0 Å². The average Bonchev–Trinajstić information content (AvgIpc) is 2.97. The Balaban J connectivity index is 2.03. The van der Waals surface area contributed by atoms with Crippen molar-refractivity contribution in [1.29, 1.82) is 0 Å². The van der Waals surface area contributed by atoms with Crippen LogP contribution in [0.4, 0.5) is 0 Å². The summed E-state index contributed by atoms with van der Waals surface area (Å²) in [5, 5.41) is 4.34. The molecule has 0 aliphatic rings. The topological polar surface area (TPSA) is 52.0 Å². The Bertz CT molecular complexity index is 893. The largest absolute Gasteiger partial charge is 0.233 e. The third kappa shape index (κ3) is 2.80. The van der Waals surface area contributed by atoms with Gasteiger partial charge in [-0.15, -0.1) is 0 Å². The van der Waals surface area contributed by atoms with Gasteiger partial charge in [0.05, 0.1) is 22.5 Å². The zero-order valence-electron chi connectivity index (χ0n) is 12.4. The first-order valence-corrected chi connectivity index (χ1v) is 8.76. The van der Waals surface area contributed by atoms with E-state index in [0.29, 0.717) is 4.90 Å². The standard InChI is InChI=1S/C17H16N2O2S/c1-13-3-5-14(6-4-13)17-11-12-18-19(17)15-7-9-16(10-8-15)22(2,20)21/h3-12H,1-2H3. The minimum atomic E-state index is -3.19. The van der Waals surface area contributed by atoms with Gasteiger partial charge in [0.15, 0.2) is 9.84 Å². The Kier molecular flexibility index (Phi) is 3.58. The maximum absolute atomic E-state index is 11.5. The summed E-state index contributed by atoms with van der Waals surface area (Å²) in [6, 6.07) is 16.9. The fourth-order valence-corrected chi connectivity index (χ4v) is 2.92. The third-order valence-electron chi connectivity index (χ3n) is 3.50. The predicted molar refractivity (Wildman–Crippen MR) is 86.8 cm³/mol. The Morgan fingerprint density at radius 2 is 1.55 bits per heavy atom. The molecule has 0 N–H and O–H groups in total. The third-order valence-corrected chi connectivity index (χ3v) is 4.63. The highest BCUT2D eigenvalue weighted by molar-refractivity contribution is 7.90. The summed E-state index contributed by atoms with van der Waals surface area (Å²) < 4.78 is 24.9. The number of benzene rings is 2. The van der Waals surface area contributed by atoms with Crippen molar-refractivity contribution in [1.82, 2.24) is 9.78 Å². The lowest BCUT2D eigenvalue weighted by molar-refractivity contribution is 0.602. The van der Waals surface area contributed by atoms with Crippen LogP contribution in [0, 0.1) is 6.92 Å². The molecule has 0 fully saturated rings. The molecule has 3 rings (SSSR count). The number of aryl methyl sites for hydroxylation is 1. The van der Waals surface area contributed by atoms with Crippen molar-refractivity contribution in [3.05, 3.63) is 66.4 Å². The number of sulfone groups is 1. The molecule has 1 aromatic heterocycles. The van der Waals surface area contributed by atoms with Crippen molar-refractivity contribution in [2.75, 3.05) is 6.26 Å². The van der Waals surface area contributed by atoms with Gasteiger partial charge in [0.2, 0.25) is 0 Å². The molecule has 5 heteroatoms. The first-order chi connectivity index (χ1) is 10.4. The molecule has 1 heterocycles. The second-order valence-corrected chi connectivity index (χ2v) is 7.28. The van der Waals surface area contributed by atoms with Crippen molar-refractivity contribution in [2.45, 2.75) is 11.8 Å². The summed E-state index contributed by atoms with van der Waals surface area (Å²) in [5.74, 6) is 0. The van der Waals surface area contributed by atoms with Crippen molar-refractivity contribution in [2.24, 2.45) is 0 Å². The average molecular weight is 312 g/mol. The van der Waals surface area contributed by atoms with E-state index in [1.165, 1.54) is 11.8 Å². The summed E-state index contributed by atoms with van der Waals surface area (Å²) in [5.41, 5.74) is 4.06. The van der Waals surface area contributed by atoms with Crippen LogP contribution in [0.5, 0.6) is 0 Å². The number of rotatable bonds is 3. The van der Waals surface area contributed by atoms with E-state index in [2.05, 4.69) is 17.2 Å². The van der Waals surface area contributed by atoms with Gasteiger partial charge in [-0.05, 0) is 37.3 Å². The van der Waals surface area contributed by atoms with Crippen molar-refractivity contribution < 1.29 is 8.42 Å². The van der Waals surface area contributed by atoms with Crippen LogP contribution in [0.3, 0.4) is 0 Å². The molecule has 0 amide bonds. The van der Waals surface area contributed by atoms with Crippen LogP contribution in [0.1, 0.15) is 5.56 Å². The van der Waals surface area contributed by atoms with E-state index in [1.54, 1.807) is 35.1 Å². The molecule has 0 aliphatic carbocycles. The summed E-state index contributed by atoms with van der Waals surface area (Å²) in [7, 11) is -3.19. The normalized spacial score (nSPS) is 11.5. The Morgan fingerprint density at radius 1 is 0.909 bits per heavy atom. The van der Waals surface area contributed by atoms with Crippen molar-refractivity contribution in [3.63, 3.8) is 0 Å². The fraction of sp³-hybridized carbons (Fsp3) is 0.118. The molecule has 2 aromatic carbocycles. The maximum Gasteiger partial charge on any atom is 0.175 e.